The van der Waals surface area contributed by atoms with Crippen molar-refractivity contribution in [2.45, 2.75) is 14.8 Å². The third kappa shape index (κ3) is 2.46. The monoisotopic (exact) mass is 299 g/mol. The summed E-state index contributed by atoms with van der Waals surface area (Å²) in [5.41, 5.74) is 1.29. The normalized spacial score (nSPS) is 10.8. The van der Waals surface area contributed by atoms with E-state index in [-0.39, 0.29) is 0 Å². The molecule has 20 heavy (non-hydrogen) atoms. The SMILES string of the molecule is CSc1nc2ccccn2c(=N)c1Sc1ccccc1. The number of nitrogens with one attached hydrogen (secondary N) is 1. The highest BCUT2D eigenvalue weighted by Crippen LogP contribution is 2.31. The van der Waals surface area contributed by atoms with Gasteiger partial charge in [-0.25, -0.2) is 4.98 Å². The molecule has 0 spiro atoms. The maximum absolute atomic E-state index is 8.42. The molecule has 0 fully saturated rings. The topological polar surface area (TPSA) is 41.2 Å². The van der Waals surface area contributed by atoms with Crippen LogP contribution >= 0.6 is 23.5 Å². The first-order valence-corrected chi connectivity index (χ1v) is 8.16. The first-order valence-electron chi connectivity index (χ1n) is 6.12. The molecule has 3 aromatic rings. The van der Waals surface area contributed by atoms with Crippen LogP contribution in [0.25, 0.3) is 5.65 Å². The van der Waals surface area contributed by atoms with Gasteiger partial charge in [-0.05, 0) is 30.5 Å². The lowest BCUT2D eigenvalue weighted by atomic mass is 10.4. The Hall–Kier alpha value is -1.72. The van der Waals surface area contributed by atoms with Gasteiger partial charge in [0, 0.05) is 11.1 Å². The summed E-state index contributed by atoms with van der Waals surface area (Å²) in [6.45, 7) is 0. The molecule has 0 bridgehead atoms. The predicted molar refractivity (Wildman–Crippen MR) is 83.4 cm³/mol. The highest BCUT2D eigenvalue weighted by molar-refractivity contribution is 8.02. The number of fused-ring (bicyclic) bond motifs is 1. The van der Waals surface area contributed by atoms with Gasteiger partial charge in [-0.2, -0.15) is 0 Å². The second kappa shape index (κ2) is 5.73. The molecule has 100 valence electrons. The van der Waals surface area contributed by atoms with Gasteiger partial charge in [-0.15, -0.1) is 11.8 Å². The Kier molecular flexibility index (Phi) is 3.80. The minimum atomic E-state index is 0.480. The second-order valence-corrected chi connectivity index (χ2v) is 6.02. The fourth-order valence-electron chi connectivity index (χ4n) is 1.92. The lowest BCUT2D eigenvalue weighted by Gasteiger charge is -2.10. The molecule has 3 rings (SSSR count). The number of rotatable bonds is 3. The first kappa shape index (κ1) is 13.3. The predicted octanol–water partition coefficient (Wildman–Crippen LogP) is 3.69. The number of benzene rings is 1. The van der Waals surface area contributed by atoms with E-state index in [0.29, 0.717) is 5.49 Å². The molecule has 0 atom stereocenters. The van der Waals surface area contributed by atoms with Crippen molar-refractivity contribution in [1.29, 1.82) is 5.41 Å². The van der Waals surface area contributed by atoms with Crippen LogP contribution in [0.2, 0.25) is 0 Å². The van der Waals surface area contributed by atoms with Crippen molar-refractivity contribution in [2.75, 3.05) is 6.26 Å². The van der Waals surface area contributed by atoms with Gasteiger partial charge in [-0.1, -0.05) is 36.0 Å². The molecule has 2 aromatic heterocycles. The lowest BCUT2D eigenvalue weighted by Crippen LogP contribution is -2.17. The number of hydrogen-bond acceptors (Lipinski definition) is 4. The van der Waals surface area contributed by atoms with Crippen molar-refractivity contribution in [3.63, 3.8) is 0 Å². The highest BCUT2D eigenvalue weighted by atomic mass is 32.2. The molecule has 0 aliphatic rings. The van der Waals surface area contributed by atoms with E-state index in [1.165, 1.54) is 0 Å². The smallest absolute Gasteiger partial charge is 0.147 e. The van der Waals surface area contributed by atoms with Crippen molar-refractivity contribution >= 4 is 29.2 Å². The summed E-state index contributed by atoms with van der Waals surface area (Å²) >= 11 is 3.17. The Morgan fingerprint density at radius 3 is 2.55 bits per heavy atom. The van der Waals surface area contributed by atoms with Crippen LogP contribution in [0.4, 0.5) is 0 Å². The van der Waals surface area contributed by atoms with Gasteiger partial charge >= 0.3 is 0 Å². The molecular weight excluding hydrogens is 286 g/mol. The summed E-state index contributed by atoms with van der Waals surface area (Å²) in [4.78, 5) is 6.65. The number of nitrogens with zero attached hydrogens (tertiary/aromatic N) is 2. The van der Waals surface area contributed by atoms with Crippen molar-refractivity contribution < 1.29 is 0 Å². The van der Waals surface area contributed by atoms with Crippen molar-refractivity contribution in [3.05, 3.63) is 60.2 Å². The molecule has 2 heterocycles. The van der Waals surface area contributed by atoms with E-state index in [9.17, 15) is 0 Å². The number of aromatic nitrogens is 2. The summed E-state index contributed by atoms with van der Waals surface area (Å²) < 4.78 is 1.81. The third-order valence-electron chi connectivity index (χ3n) is 2.86. The van der Waals surface area contributed by atoms with Gasteiger partial charge in [0.05, 0.1) is 4.90 Å². The standard InChI is InChI=1S/C15H13N3S2/c1-19-15-13(20-11-7-3-2-4-8-11)14(16)18-10-6-5-9-12(18)17-15/h2-10,16H,1H3. The van der Waals surface area contributed by atoms with Crippen molar-refractivity contribution in [3.8, 4) is 0 Å². The zero-order chi connectivity index (χ0) is 13.9. The van der Waals surface area contributed by atoms with Gasteiger partial charge in [0.15, 0.2) is 0 Å². The summed E-state index contributed by atoms with van der Waals surface area (Å²) in [6, 6.07) is 15.9. The minimum Gasteiger partial charge on any atom is -0.285 e. The molecule has 3 nitrogen and oxygen atoms in total. The molecule has 0 saturated heterocycles. The molecule has 0 aliphatic heterocycles. The van der Waals surface area contributed by atoms with Crippen LogP contribution in [0.15, 0.2) is 69.5 Å². The Bertz CT molecular complexity index is 797. The van der Waals surface area contributed by atoms with E-state index < -0.39 is 0 Å². The minimum absolute atomic E-state index is 0.480. The Balaban J connectivity index is 2.18. The molecular formula is C15H13N3S2. The maximum atomic E-state index is 8.42. The average molecular weight is 299 g/mol. The van der Waals surface area contributed by atoms with Crippen LogP contribution in [0, 0.1) is 5.41 Å². The van der Waals surface area contributed by atoms with Gasteiger partial charge in [0.25, 0.3) is 0 Å². The van der Waals surface area contributed by atoms with Gasteiger partial charge < -0.3 is 0 Å². The summed E-state index contributed by atoms with van der Waals surface area (Å²) in [5, 5.41) is 9.32. The van der Waals surface area contributed by atoms with Gasteiger partial charge in [0.1, 0.15) is 16.2 Å². The Morgan fingerprint density at radius 1 is 1.05 bits per heavy atom. The van der Waals surface area contributed by atoms with E-state index in [1.807, 2.05) is 65.4 Å². The number of pyridine rings is 1. The van der Waals surface area contributed by atoms with Gasteiger partial charge in [-0.3, -0.25) is 9.81 Å². The van der Waals surface area contributed by atoms with Crippen molar-refractivity contribution in [1.82, 2.24) is 9.38 Å². The van der Waals surface area contributed by atoms with E-state index in [1.54, 1.807) is 23.5 Å². The summed E-state index contributed by atoms with van der Waals surface area (Å²) in [7, 11) is 0. The zero-order valence-electron chi connectivity index (χ0n) is 10.9. The number of hydrogen-bond donors (Lipinski definition) is 1. The highest BCUT2D eigenvalue weighted by Gasteiger charge is 2.11. The van der Waals surface area contributed by atoms with E-state index in [4.69, 9.17) is 5.41 Å². The molecule has 5 heteroatoms. The van der Waals surface area contributed by atoms with E-state index in [2.05, 4.69) is 4.98 Å². The average Bonchev–Trinajstić information content (AvgIpc) is 2.51. The van der Waals surface area contributed by atoms with Crippen LogP contribution in [-0.4, -0.2) is 15.6 Å². The lowest BCUT2D eigenvalue weighted by molar-refractivity contribution is 0.853. The van der Waals surface area contributed by atoms with Crippen LogP contribution in [0.5, 0.6) is 0 Å². The Labute approximate surface area is 125 Å². The number of thioether (sulfide) groups is 1. The molecule has 1 aromatic carbocycles. The summed E-state index contributed by atoms with van der Waals surface area (Å²) in [5.74, 6) is 0. The molecule has 0 saturated carbocycles. The quantitative estimate of drug-likeness (QED) is 0.592. The second-order valence-electron chi connectivity index (χ2n) is 4.14. The Morgan fingerprint density at radius 2 is 1.80 bits per heavy atom. The first-order chi connectivity index (χ1) is 9.79. The summed E-state index contributed by atoms with van der Waals surface area (Å²) in [6.07, 6.45) is 3.88. The van der Waals surface area contributed by atoms with Crippen LogP contribution in [0.3, 0.4) is 0 Å². The maximum Gasteiger partial charge on any atom is 0.147 e. The zero-order valence-corrected chi connectivity index (χ0v) is 12.5. The molecule has 0 unspecified atom stereocenters. The van der Waals surface area contributed by atoms with E-state index >= 15 is 0 Å². The molecule has 0 amide bonds. The molecule has 1 N–H and O–H groups in total. The fourth-order valence-corrected chi connectivity index (χ4v) is 3.62. The third-order valence-corrected chi connectivity index (χ3v) is 4.77. The largest absolute Gasteiger partial charge is 0.285 e. The molecule has 0 aliphatic carbocycles. The van der Waals surface area contributed by atoms with Gasteiger partial charge in [0.2, 0.25) is 0 Å². The van der Waals surface area contributed by atoms with Crippen LogP contribution in [0.1, 0.15) is 0 Å². The van der Waals surface area contributed by atoms with Crippen LogP contribution in [-0.2, 0) is 0 Å². The molecule has 0 radical (unpaired) electrons. The van der Waals surface area contributed by atoms with Crippen molar-refractivity contribution in [2.24, 2.45) is 0 Å². The van der Waals surface area contributed by atoms with E-state index in [0.717, 1.165) is 20.5 Å². The van der Waals surface area contributed by atoms with Crippen LogP contribution < -0.4 is 5.49 Å². The fraction of sp³-hybridized carbons (Fsp3) is 0.0667.